The van der Waals surface area contributed by atoms with E-state index >= 15 is 0 Å². The lowest BCUT2D eigenvalue weighted by molar-refractivity contribution is 0.0660. The number of aryl methyl sites for hydroxylation is 2. The Labute approximate surface area is 127 Å². The molecular formula is C14H19N5OS. The molecule has 0 bridgehead atoms. The number of nitrogens with zero attached hydrogens (tertiary/aromatic N) is 4. The van der Waals surface area contributed by atoms with Crippen molar-refractivity contribution in [2.75, 3.05) is 19.6 Å². The standard InChI is InChI=1S/C14H19N5OS/c1-9-6-15-4-5-19(9)14(20)12-10(2)17-13(21-12)11-7-16-18(3)8-11/h7-9,15H,4-6H2,1-3H3/t9-/m0/s1. The largest absolute Gasteiger partial charge is 0.333 e. The van der Waals surface area contributed by atoms with Gasteiger partial charge in [0.2, 0.25) is 0 Å². The molecule has 1 aliphatic rings. The van der Waals surface area contributed by atoms with Crippen LogP contribution in [0.25, 0.3) is 10.6 Å². The Kier molecular flexibility index (Phi) is 3.77. The van der Waals surface area contributed by atoms with Gasteiger partial charge in [-0.25, -0.2) is 4.98 Å². The van der Waals surface area contributed by atoms with Gasteiger partial charge >= 0.3 is 0 Å². The molecule has 0 unspecified atom stereocenters. The summed E-state index contributed by atoms with van der Waals surface area (Å²) in [6.07, 6.45) is 3.69. The minimum absolute atomic E-state index is 0.0918. The molecule has 2 aromatic rings. The van der Waals surface area contributed by atoms with Crippen LogP contribution >= 0.6 is 11.3 Å². The second-order valence-corrected chi connectivity index (χ2v) is 6.39. The van der Waals surface area contributed by atoms with Crippen molar-refractivity contribution in [3.8, 4) is 10.6 Å². The molecule has 21 heavy (non-hydrogen) atoms. The van der Waals surface area contributed by atoms with Gasteiger partial charge in [-0.2, -0.15) is 5.10 Å². The molecule has 3 heterocycles. The number of hydrogen-bond donors (Lipinski definition) is 1. The Bertz CT molecular complexity index is 662. The van der Waals surface area contributed by atoms with Gasteiger partial charge in [0.05, 0.1) is 11.9 Å². The summed E-state index contributed by atoms with van der Waals surface area (Å²) in [6, 6.07) is 0.217. The molecule has 1 saturated heterocycles. The maximum atomic E-state index is 12.7. The molecule has 1 atom stereocenters. The lowest BCUT2D eigenvalue weighted by Crippen LogP contribution is -2.52. The maximum absolute atomic E-state index is 12.7. The van der Waals surface area contributed by atoms with Gasteiger partial charge in [-0.05, 0) is 13.8 Å². The van der Waals surface area contributed by atoms with Gasteiger partial charge in [-0.15, -0.1) is 11.3 Å². The SMILES string of the molecule is Cc1nc(-c2cnn(C)c2)sc1C(=O)N1CCNC[C@@H]1C. The number of hydrogen-bond acceptors (Lipinski definition) is 5. The highest BCUT2D eigenvalue weighted by Gasteiger charge is 2.27. The highest BCUT2D eigenvalue weighted by molar-refractivity contribution is 7.17. The molecule has 0 radical (unpaired) electrons. The van der Waals surface area contributed by atoms with Crippen molar-refractivity contribution >= 4 is 17.2 Å². The van der Waals surface area contributed by atoms with Gasteiger partial charge < -0.3 is 10.2 Å². The number of piperazine rings is 1. The van der Waals surface area contributed by atoms with Gasteiger partial charge in [0.15, 0.2) is 0 Å². The van der Waals surface area contributed by atoms with Crippen molar-refractivity contribution in [1.29, 1.82) is 0 Å². The van der Waals surface area contributed by atoms with Crippen molar-refractivity contribution < 1.29 is 4.79 Å². The Hall–Kier alpha value is -1.73. The molecule has 3 rings (SSSR count). The molecule has 2 aromatic heterocycles. The molecule has 0 aliphatic carbocycles. The van der Waals surface area contributed by atoms with Crippen LogP contribution in [0.3, 0.4) is 0 Å². The molecule has 0 spiro atoms. The number of nitrogens with one attached hydrogen (secondary N) is 1. The lowest BCUT2D eigenvalue weighted by Gasteiger charge is -2.33. The summed E-state index contributed by atoms with van der Waals surface area (Å²) >= 11 is 1.45. The molecule has 1 N–H and O–H groups in total. The van der Waals surface area contributed by atoms with Crippen molar-refractivity contribution in [2.45, 2.75) is 19.9 Å². The average Bonchev–Trinajstić information content (AvgIpc) is 3.05. The van der Waals surface area contributed by atoms with Crippen LogP contribution < -0.4 is 5.32 Å². The highest BCUT2D eigenvalue weighted by Crippen LogP contribution is 2.29. The number of rotatable bonds is 2. The molecule has 1 fully saturated rings. The van der Waals surface area contributed by atoms with E-state index in [0.717, 1.165) is 40.8 Å². The zero-order valence-electron chi connectivity index (χ0n) is 12.5. The van der Waals surface area contributed by atoms with Gasteiger partial charge in [0.1, 0.15) is 9.88 Å². The number of aromatic nitrogens is 3. The molecule has 0 saturated carbocycles. The molecule has 6 nitrogen and oxygen atoms in total. The first kappa shape index (κ1) is 14.2. The maximum Gasteiger partial charge on any atom is 0.266 e. The van der Waals surface area contributed by atoms with Crippen LogP contribution in [0.1, 0.15) is 22.3 Å². The Morgan fingerprint density at radius 2 is 2.33 bits per heavy atom. The summed E-state index contributed by atoms with van der Waals surface area (Å²) in [5, 5.41) is 8.31. The van der Waals surface area contributed by atoms with Crippen LogP contribution in [0.2, 0.25) is 0 Å². The molecule has 112 valence electrons. The zero-order valence-corrected chi connectivity index (χ0v) is 13.3. The topological polar surface area (TPSA) is 63.1 Å². The van der Waals surface area contributed by atoms with E-state index in [-0.39, 0.29) is 11.9 Å². The third kappa shape index (κ3) is 2.71. The molecule has 1 aliphatic heterocycles. The highest BCUT2D eigenvalue weighted by atomic mass is 32.1. The lowest BCUT2D eigenvalue weighted by atomic mass is 10.2. The van der Waals surface area contributed by atoms with E-state index in [9.17, 15) is 4.79 Å². The first-order valence-electron chi connectivity index (χ1n) is 7.04. The Morgan fingerprint density at radius 3 is 3.00 bits per heavy atom. The van der Waals surface area contributed by atoms with Gasteiger partial charge in [0.25, 0.3) is 5.91 Å². The first-order valence-corrected chi connectivity index (χ1v) is 7.86. The van der Waals surface area contributed by atoms with E-state index in [1.807, 2.05) is 25.1 Å². The fraction of sp³-hybridized carbons (Fsp3) is 0.500. The smallest absolute Gasteiger partial charge is 0.266 e. The van der Waals surface area contributed by atoms with E-state index in [1.54, 1.807) is 10.9 Å². The van der Waals surface area contributed by atoms with Crippen LogP contribution in [0, 0.1) is 6.92 Å². The summed E-state index contributed by atoms with van der Waals surface area (Å²) in [5.41, 5.74) is 1.76. The minimum Gasteiger partial charge on any atom is -0.333 e. The van der Waals surface area contributed by atoms with Crippen molar-refractivity contribution in [3.05, 3.63) is 23.0 Å². The third-order valence-corrected chi connectivity index (χ3v) is 4.90. The number of amides is 1. The Balaban J connectivity index is 1.88. The summed E-state index contributed by atoms with van der Waals surface area (Å²) in [7, 11) is 1.87. The van der Waals surface area contributed by atoms with Gasteiger partial charge in [-0.1, -0.05) is 0 Å². The quantitative estimate of drug-likeness (QED) is 0.908. The monoisotopic (exact) mass is 305 g/mol. The van der Waals surface area contributed by atoms with E-state index < -0.39 is 0 Å². The second kappa shape index (κ2) is 5.57. The van der Waals surface area contributed by atoms with Crippen LogP contribution in [0.4, 0.5) is 0 Å². The van der Waals surface area contributed by atoms with Crippen LogP contribution in [0.15, 0.2) is 12.4 Å². The van der Waals surface area contributed by atoms with E-state index in [4.69, 9.17) is 0 Å². The van der Waals surface area contributed by atoms with E-state index in [0.29, 0.717) is 0 Å². The molecule has 1 amide bonds. The number of thiazole rings is 1. The predicted molar refractivity (Wildman–Crippen MR) is 82.4 cm³/mol. The predicted octanol–water partition coefficient (Wildman–Crippen LogP) is 1.29. The van der Waals surface area contributed by atoms with Crippen molar-refractivity contribution in [1.82, 2.24) is 25.0 Å². The first-order chi connectivity index (χ1) is 10.1. The summed E-state index contributed by atoms with van der Waals surface area (Å²) in [5.74, 6) is 0.0918. The summed E-state index contributed by atoms with van der Waals surface area (Å²) in [4.78, 5) is 19.9. The molecule has 0 aromatic carbocycles. The Morgan fingerprint density at radius 1 is 1.52 bits per heavy atom. The number of carbonyl (C=O) groups is 1. The summed E-state index contributed by atoms with van der Waals surface area (Å²) < 4.78 is 1.74. The number of carbonyl (C=O) groups excluding carboxylic acids is 1. The van der Waals surface area contributed by atoms with Crippen LogP contribution in [-0.2, 0) is 7.05 Å². The molecular weight excluding hydrogens is 286 g/mol. The second-order valence-electron chi connectivity index (χ2n) is 5.39. The summed E-state index contributed by atoms with van der Waals surface area (Å²) in [6.45, 7) is 6.42. The fourth-order valence-electron chi connectivity index (χ4n) is 2.52. The minimum atomic E-state index is 0.0918. The van der Waals surface area contributed by atoms with Crippen molar-refractivity contribution in [2.24, 2.45) is 7.05 Å². The van der Waals surface area contributed by atoms with E-state index in [1.165, 1.54) is 11.3 Å². The zero-order chi connectivity index (χ0) is 15.0. The van der Waals surface area contributed by atoms with Gasteiger partial charge in [0, 0.05) is 44.5 Å². The normalized spacial score (nSPS) is 19.0. The molecule has 7 heteroatoms. The van der Waals surface area contributed by atoms with Crippen LogP contribution in [0.5, 0.6) is 0 Å². The van der Waals surface area contributed by atoms with Crippen molar-refractivity contribution in [3.63, 3.8) is 0 Å². The average molecular weight is 305 g/mol. The van der Waals surface area contributed by atoms with Gasteiger partial charge in [-0.3, -0.25) is 9.48 Å². The third-order valence-electron chi connectivity index (χ3n) is 3.70. The van der Waals surface area contributed by atoms with E-state index in [2.05, 4.69) is 22.3 Å². The fourth-order valence-corrected chi connectivity index (χ4v) is 3.52. The van der Waals surface area contributed by atoms with Crippen LogP contribution in [-0.4, -0.2) is 51.2 Å².